The highest BCUT2D eigenvalue weighted by molar-refractivity contribution is 4.56. The molecule has 0 aromatic carbocycles. The highest BCUT2D eigenvalue weighted by Gasteiger charge is 2.01. The molecule has 0 spiro atoms. The van der Waals surface area contributed by atoms with Gasteiger partial charge >= 0.3 is 0 Å². The number of ether oxygens (including phenoxy) is 4. The van der Waals surface area contributed by atoms with Crippen molar-refractivity contribution in [3.63, 3.8) is 0 Å². The maximum atomic E-state index is 5.49. The lowest BCUT2D eigenvalue weighted by Gasteiger charge is -2.12. The van der Waals surface area contributed by atoms with Gasteiger partial charge in [-0.25, -0.2) is 0 Å². The zero-order chi connectivity index (χ0) is 13.5. The van der Waals surface area contributed by atoms with Gasteiger partial charge in [-0.2, -0.15) is 0 Å². The number of hydrogen-bond acceptors (Lipinski definition) is 5. The lowest BCUT2D eigenvalue weighted by atomic mass is 10.1. The number of hydrogen-bond donors (Lipinski definition) is 1. The summed E-state index contributed by atoms with van der Waals surface area (Å²) in [6, 6.07) is 0. The fourth-order valence-corrected chi connectivity index (χ4v) is 1.37. The van der Waals surface area contributed by atoms with Crippen LogP contribution in [0.15, 0.2) is 0 Å². The Hall–Kier alpha value is -0.200. The van der Waals surface area contributed by atoms with Crippen LogP contribution in [-0.4, -0.2) is 67.0 Å². The summed E-state index contributed by atoms with van der Waals surface area (Å²) in [5.41, 5.74) is 0. The summed E-state index contributed by atoms with van der Waals surface area (Å²) in [4.78, 5) is 0. The first-order valence-electron chi connectivity index (χ1n) is 6.65. The Morgan fingerprint density at radius 2 is 1.44 bits per heavy atom. The Labute approximate surface area is 111 Å². The SMILES string of the molecule is COCCNCC(C)CCOCCOCCOC. The third kappa shape index (κ3) is 13.9. The average Bonchev–Trinajstić information content (AvgIpc) is 2.38. The van der Waals surface area contributed by atoms with Gasteiger partial charge in [-0.1, -0.05) is 6.92 Å². The van der Waals surface area contributed by atoms with E-state index in [1.165, 1.54) is 0 Å². The normalized spacial score (nSPS) is 12.8. The molecule has 0 fully saturated rings. The number of methoxy groups -OCH3 is 2. The van der Waals surface area contributed by atoms with Crippen molar-refractivity contribution < 1.29 is 18.9 Å². The fourth-order valence-electron chi connectivity index (χ4n) is 1.37. The lowest BCUT2D eigenvalue weighted by molar-refractivity contribution is 0.0222. The Balaban J connectivity index is 3.08. The van der Waals surface area contributed by atoms with Gasteiger partial charge < -0.3 is 24.3 Å². The van der Waals surface area contributed by atoms with E-state index in [0.29, 0.717) is 32.3 Å². The van der Waals surface area contributed by atoms with E-state index in [0.717, 1.165) is 32.7 Å². The number of rotatable bonds is 14. The summed E-state index contributed by atoms with van der Waals surface area (Å²) in [6.07, 6.45) is 1.07. The van der Waals surface area contributed by atoms with Gasteiger partial charge in [0, 0.05) is 27.4 Å². The molecule has 0 aromatic rings. The molecule has 0 aliphatic rings. The minimum Gasteiger partial charge on any atom is -0.383 e. The molecule has 110 valence electrons. The second-order valence-corrected chi connectivity index (χ2v) is 4.31. The van der Waals surface area contributed by atoms with Crippen LogP contribution in [0, 0.1) is 5.92 Å². The van der Waals surface area contributed by atoms with E-state index < -0.39 is 0 Å². The summed E-state index contributed by atoms with van der Waals surface area (Å²) in [6.45, 7) is 8.29. The van der Waals surface area contributed by atoms with Crippen molar-refractivity contribution in [1.82, 2.24) is 5.32 Å². The molecule has 1 unspecified atom stereocenters. The van der Waals surface area contributed by atoms with Gasteiger partial charge in [0.2, 0.25) is 0 Å². The summed E-state index contributed by atoms with van der Waals surface area (Å²) < 4.78 is 20.6. The quantitative estimate of drug-likeness (QED) is 0.472. The van der Waals surface area contributed by atoms with Crippen molar-refractivity contribution in [2.75, 3.05) is 67.0 Å². The summed E-state index contributed by atoms with van der Waals surface area (Å²) in [7, 11) is 3.38. The summed E-state index contributed by atoms with van der Waals surface area (Å²) >= 11 is 0. The monoisotopic (exact) mass is 263 g/mol. The molecule has 0 saturated heterocycles. The van der Waals surface area contributed by atoms with E-state index in [9.17, 15) is 0 Å². The van der Waals surface area contributed by atoms with E-state index in [2.05, 4.69) is 12.2 Å². The molecule has 0 radical (unpaired) electrons. The third-order valence-electron chi connectivity index (χ3n) is 2.53. The lowest BCUT2D eigenvalue weighted by Crippen LogP contribution is -2.25. The predicted molar refractivity (Wildman–Crippen MR) is 72.0 cm³/mol. The van der Waals surface area contributed by atoms with Crippen LogP contribution in [-0.2, 0) is 18.9 Å². The van der Waals surface area contributed by atoms with Gasteiger partial charge in [-0.15, -0.1) is 0 Å². The Morgan fingerprint density at radius 1 is 0.833 bits per heavy atom. The highest BCUT2D eigenvalue weighted by atomic mass is 16.5. The molecule has 0 aliphatic heterocycles. The van der Waals surface area contributed by atoms with Gasteiger partial charge in [0.05, 0.1) is 33.0 Å². The van der Waals surface area contributed by atoms with Crippen LogP contribution >= 0.6 is 0 Å². The Kier molecular flexibility index (Phi) is 14.7. The molecule has 0 rings (SSSR count). The minimum atomic E-state index is 0.622. The first kappa shape index (κ1) is 17.8. The fraction of sp³-hybridized carbons (Fsp3) is 1.00. The molecule has 0 bridgehead atoms. The second kappa shape index (κ2) is 14.9. The molecule has 1 atom stereocenters. The second-order valence-electron chi connectivity index (χ2n) is 4.31. The summed E-state index contributed by atoms with van der Waals surface area (Å²) in [5, 5.41) is 3.34. The van der Waals surface area contributed by atoms with Crippen molar-refractivity contribution in [3.8, 4) is 0 Å². The van der Waals surface area contributed by atoms with Crippen LogP contribution in [0.1, 0.15) is 13.3 Å². The molecule has 0 aliphatic carbocycles. The Bertz CT molecular complexity index is 158. The van der Waals surface area contributed by atoms with E-state index in [1.54, 1.807) is 14.2 Å². The minimum absolute atomic E-state index is 0.622. The molecule has 5 nitrogen and oxygen atoms in total. The molecule has 0 saturated carbocycles. The van der Waals surface area contributed by atoms with E-state index in [-0.39, 0.29) is 0 Å². The molecule has 0 heterocycles. The summed E-state index contributed by atoms with van der Waals surface area (Å²) in [5.74, 6) is 0.622. The van der Waals surface area contributed by atoms with Crippen molar-refractivity contribution in [1.29, 1.82) is 0 Å². The predicted octanol–water partition coefficient (Wildman–Crippen LogP) is 0.928. The molecular weight excluding hydrogens is 234 g/mol. The zero-order valence-corrected chi connectivity index (χ0v) is 12.1. The topological polar surface area (TPSA) is 49.0 Å². The molecule has 0 amide bonds. The first-order chi connectivity index (χ1) is 8.81. The van der Waals surface area contributed by atoms with Crippen molar-refractivity contribution in [3.05, 3.63) is 0 Å². The molecule has 5 heteroatoms. The van der Waals surface area contributed by atoms with Crippen LogP contribution < -0.4 is 5.32 Å². The van der Waals surface area contributed by atoms with Crippen LogP contribution in [0.5, 0.6) is 0 Å². The molecular formula is C13H29NO4. The van der Waals surface area contributed by atoms with E-state index in [4.69, 9.17) is 18.9 Å². The molecule has 1 N–H and O–H groups in total. The number of nitrogens with one attached hydrogen (secondary N) is 1. The van der Waals surface area contributed by atoms with Crippen LogP contribution in [0.4, 0.5) is 0 Å². The average molecular weight is 263 g/mol. The third-order valence-corrected chi connectivity index (χ3v) is 2.53. The van der Waals surface area contributed by atoms with Gasteiger partial charge in [0.15, 0.2) is 0 Å². The van der Waals surface area contributed by atoms with E-state index >= 15 is 0 Å². The molecule has 0 aromatic heterocycles. The largest absolute Gasteiger partial charge is 0.383 e. The first-order valence-corrected chi connectivity index (χ1v) is 6.65. The highest BCUT2D eigenvalue weighted by Crippen LogP contribution is 1.99. The van der Waals surface area contributed by atoms with Gasteiger partial charge in [-0.3, -0.25) is 0 Å². The van der Waals surface area contributed by atoms with Crippen LogP contribution in [0.3, 0.4) is 0 Å². The van der Waals surface area contributed by atoms with Crippen LogP contribution in [0.25, 0.3) is 0 Å². The Morgan fingerprint density at radius 3 is 2.11 bits per heavy atom. The zero-order valence-electron chi connectivity index (χ0n) is 12.1. The maximum Gasteiger partial charge on any atom is 0.0701 e. The van der Waals surface area contributed by atoms with E-state index in [1.807, 2.05) is 0 Å². The van der Waals surface area contributed by atoms with Gasteiger partial charge in [-0.05, 0) is 18.9 Å². The van der Waals surface area contributed by atoms with Crippen molar-refractivity contribution in [2.24, 2.45) is 5.92 Å². The van der Waals surface area contributed by atoms with Crippen molar-refractivity contribution in [2.45, 2.75) is 13.3 Å². The van der Waals surface area contributed by atoms with Crippen LogP contribution in [0.2, 0.25) is 0 Å². The maximum absolute atomic E-state index is 5.49. The van der Waals surface area contributed by atoms with Gasteiger partial charge in [0.25, 0.3) is 0 Å². The smallest absolute Gasteiger partial charge is 0.0701 e. The van der Waals surface area contributed by atoms with Crippen molar-refractivity contribution >= 4 is 0 Å². The molecule has 18 heavy (non-hydrogen) atoms. The standard InChI is InChI=1S/C13H29NO4/c1-13(12-14-5-7-15-2)4-6-17-10-11-18-9-8-16-3/h13-14H,4-12H2,1-3H3. The van der Waals surface area contributed by atoms with Gasteiger partial charge in [0.1, 0.15) is 0 Å².